The summed E-state index contributed by atoms with van der Waals surface area (Å²) >= 11 is 0. The molecule has 2 aliphatic rings. The molecule has 1 aliphatic heterocycles. The Hall–Kier alpha value is -2.43. The molecule has 0 aromatic heterocycles. The molecule has 0 bridgehead atoms. The number of ether oxygens (including phenoxy) is 1. The maximum Gasteiger partial charge on any atom is 0.224 e. The fraction of sp³-hybridized carbons (Fsp3) is 0.571. The van der Waals surface area contributed by atoms with Crippen molar-refractivity contribution in [3.63, 3.8) is 0 Å². The second-order valence-corrected chi connectivity index (χ2v) is 7.45. The number of amides is 2. The number of morpholine rings is 1. The minimum absolute atomic E-state index is 0.0117. The average Bonchev–Trinajstić information content (AvgIpc) is 3.14. The van der Waals surface area contributed by atoms with Crippen molar-refractivity contribution in [2.45, 2.75) is 50.7 Å². The second kappa shape index (κ2) is 9.67. The molecule has 1 aromatic rings. The number of anilines is 1. The van der Waals surface area contributed by atoms with Gasteiger partial charge in [0.1, 0.15) is 6.07 Å². The minimum Gasteiger partial charge on any atom is -0.393 e. The smallest absolute Gasteiger partial charge is 0.224 e. The van der Waals surface area contributed by atoms with Crippen molar-refractivity contribution in [2.75, 3.05) is 25.1 Å². The first-order chi connectivity index (χ1) is 13.6. The lowest BCUT2D eigenvalue weighted by Gasteiger charge is -2.40. The van der Waals surface area contributed by atoms with Gasteiger partial charge in [0.15, 0.2) is 0 Å². The summed E-state index contributed by atoms with van der Waals surface area (Å²) < 4.78 is 5.56. The normalized spacial score (nSPS) is 24.6. The molecule has 1 saturated heterocycles. The summed E-state index contributed by atoms with van der Waals surface area (Å²) in [5.41, 5.74) is 0.906. The van der Waals surface area contributed by atoms with Gasteiger partial charge in [-0.15, -0.1) is 0 Å². The number of hydrogen-bond donors (Lipinski definition) is 2. The number of para-hydroxylation sites is 1. The number of aliphatic hydroxyl groups is 1. The van der Waals surface area contributed by atoms with E-state index in [2.05, 4.69) is 5.32 Å². The number of nitrogens with zero attached hydrogens (tertiary/aromatic N) is 2. The van der Waals surface area contributed by atoms with E-state index >= 15 is 0 Å². The highest BCUT2D eigenvalue weighted by Gasteiger charge is 2.39. The molecule has 28 heavy (non-hydrogen) atoms. The van der Waals surface area contributed by atoms with Gasteiger partial charge in [-0.25, -0.2) is 0 Å². The predicted octanol–water partition coefficient (Wildman–Crippen LogP) is 2.06. The molecule has 0 radical (unpaired) electrons. The van der Waals surface area contributed by atoms with Crippen molar-refractivity contribution in [1.29, 1.82) is 5.26 Å². The van der Waals surface area contributed by atoms with Crippen LogP contribution in [0.4, 0.5) is 5.69 Å². The van der Waals surface area contributed by atoms with Gasteiger partial charge in [-0.2, -0.15) is 5.26 Å². The van der Waals surface area contributed by atoms with Gasteiger partial charge in [0, 0.05) is 25.3 Å². The fourth-order valence-electron chi connectivity index (χ4n) is 4.15. The quantitative estimate of drug-likeness (QED) is 0.780. The second-order valence-electron chi connectivity index (χ2n) is 7.45. The van der Waals surface area contributed by atoms with Crippen LogP contribution in [0, 0.1) is 17.2 Å². The average molecular weight is 385 g/mol. The van der Waals surface area contributed by atoms with Crippen molar-refractivity contribution in [3.8, 4) is 6.07 Å². The van der Waals surface area contributed by atoms with Gasteiger partial charge in [0.2, 0.25) is 11.8 Å². The van der Waals surface area contributed by atoms with E-state index in [9.17, 15) is 14.7 Å². The number of hydrogen-bond acceptors (Lipinski definition) is 5. The van der Waals surface area contributed by atoms with Gasteiger partial charge >= 0.3 is 0 Å². The fourth-order valence-corrected chi connectivity index (χ4v) is 4.15. The Morgan fingerprint density at radius 2 is 2.11 bits per heavy atom. The van der Waals surface area contributed by atoms with Crippen molar-refractivity contribution >= 4 is 17.5 Å². The number of carbonyl (C=O) groups excluding carboxylic acids is 2. The van der Waals surface area contributed by atoms with Crippen LogP contribution in [0.2, 0.25) is 0 Å². The molecule has 2 N–H and O–H groups in total. The third-order valence-electron chi connectivity index (χ3n) is 5.63. The summed E-state index contributed by atoms with van der Waals surface area (Å²) in [4.78, 5) is 26.7. The maximum absolute atomic E-state index is 12.7. The number of benzene rings is 1. The van der Waals surface area contributed by atoms with Gasteiger partial charge in [0.25, 0.3) is 0 Å². The van der Waals surface area contributed by atoms with E-state index in [1.54, 1.807) is 24.3 Å². The first-order valence-corrected chi connectivity index (χ1v) is 9.94. The molecule has 3 atom stereocenters. The molecular weight excluding hydrogens is 358 g/mol. The highest BCUT2D eigenvalue weighted by atomic mass is 16.5. The van der Waals surface area contributed by atoms with E-state index < -0.39 is 0 Å². The molecule has 0 spiro atoms. The molecule has 1 aliphatic carbocycles. The van der Waals surface area contributed by atoms with Gasteiger partial charge in [-0.3, -0.25) is 9.59 Å². The molecule has 2 fully saturated rings. The van der Waals surface area contributed by atoms with E-state index in [0.717, 1.165) is 19.3 Å². The summed E-state index contributed by atoms with van der Waals surface area (Å²) in [6, 6.07) is 8.81. The van der Waals surface area contributed by atoms with Crippen molar-refractivity contribution < 1.29 is 19.4 Å². The predicted molar refractivity (Wildman–Crippen MR) is 103 cm³/mol. The Kier molecular flexibility index (Phi) is 7.01. The van der Waals surface area contributed by atoms with Crippen molar-refractivity contribution in [1.82, 2.24) is 4.90 Å². The zero-order chi connectivity index (χ0) is 19.9. The van der Waals surface area contributed by atoms with Gasteiger partial charge in [-0.1, -0.05) is 18.6 Å². The number of nitrogens with one attached hydrogen (secondary N) is 1. The molecule has 7 nitrogen and oxygen atoms in total. The Balaban J connectivity index is 1.49. The van der Waals surface area contributed by atoms with Crippen LogP contribution in [0.25, 0.3) is 0 Å². The Morgan fingerprint density at radius 3 is 2.86 bits per heavy atom. The van der Waals surface area contributed by atoms with Crippen LogP contribution in [-0.2, 0) is 14.3 Å². The first-order valence-electron chi connectivity index (χ1n) is 9.94. The summed E-state index contributed by atoms with van der Waals surface area (Å²) in [5.74, 6) is -0.118. The zero-order valence-corrected chi connectivity index (χ0v) is 16.0. The summed E-state index contributed by atoms with van der Waals surface area (Å²) in [7, 11) is 0. The van der Waals surface area contributed by atoms with E-state index in [0.29, 0.717) is 37.4 Å². The lowest BCUT2D eigenvalue weighted by Crippen LogP contribution is -2.53. The topological polar surface area (TPSA) is 103 Å². The van der Waals surface area contributed by atoms with Gasteiger partial charge < -0.3 is 20.1 Å². The van der Waals surface area contributed by atoms with E-state index in [1.807, 2.05) is 11.0 Å². The first kappa shape index (κ1) is 20.3. The lowest BCUT2D eigenvalue weighted by atomic mass is 9.94. The Morgan fingerprint density at radius 1 is 1.29 bits per heavy atom. The van der Waals surface area contributed by atoms with E-state index in [4.69, 9.17) is 10.00 Å². The zero-order valence-electron chi connectivity index (χ0n) is 16.0. The molecule has 7 heteroatoms. The molecule has 3 rings (SSSR count). The molecule has 1 saturated carbocycles. The van der Waals surface area contributed by atoms with Crippen molar-refractivity contribution in [2.24, 2.45) is 5.92 Å². The van der Waals surface area contributed by atoms with E-state index in [1.165, 1.54) is 0 Å². The number of nitriles is 1. The van der Waals surface area contributed by atoms with Gasteiger partial charge in [0.05, 0.1) is 36.6 Å². The van der Waals surface area contributed by atoms with Crippen LogP contribution in [0.1, 0.15) is 44.1 Å². The molecule has 1 aromatic carbocycles. The summed E-state index contributed by atoms with van der Waals surface area (Å²) in [6.45, 7) is 1.52. The Labute approximate surface area is 165 Å². The summed E-state index contributed by atoms with van der Waals surface area (Å²) in [6.07, 6.45) is 3.26. The third kappa shape index (κ3) is 4.89. The highest BCUT2D eigenvalue weighted by Crippen LogP contribution is 2.32. The van der Waals surface area contributed by atoms with Crippen LogP contribution in [0.3, 0.4) is 0 Å². The van der Waals surface area contributed by atoms with Gasteiger partial charge in [-0.05, 0) is 31.4 Å². The number of aliphatic hydroxyl groups excluding tert-OH is 1. The molecule has 150 valence electrons. The molecule has 1 heterocycles. The van der Waals surface area contributed by atoms with Crippen LogP contribution in [-0.4, -0.2) is 53.7 Å². The van der Waals surface area contributed by atoms with Crippen molar-refractivity contribution in [3.05, 3.63) is 29.8 Å². The SMILES string of the molecule is N#Cc1ccccc1NC(=O)CCCC(=O)N1CCOC[C@@H]1[C@H]1CCC[C@@H]1O. The van der Waals surface area contributed by atoms with Crippen LogP contribution >= 0.6 is 0 Å². The van der Waals surface area contributed by atoms with E-state index in [-0.39, 0.29) is 42.7 Å². The largest absolute Gasteiger partial charge is 0.393 e. The highest BCUT2D eigenvalue weighted by molar-refractivity contribution is 5.92. The van der Waals surface area contributed by atoms with Crippen LogP contribution in [0.15, 0.2) is 24.3 Å². The Bertz CT molecular complexity index is 745. The monoisotopic (exact) mass is 385 g/mol. The lowest BCUT2D eigenvalue weighted by molar-refractivity contribution is -0.144. The minimum atomic E-state index is -0.368. The third-order valence-corrected chi connectivity index (χ3v) is 5.63. The number of rotatable bonds is 6. The van der Waals surface area contributed by atoms with Crippen LogP contribution < -0.4 is 5.32 Å². The number of carbonyl (C=O) groups is 2. The maximum atomic E-state index is 12.7. The molecular formula is C21H27N3O4. The molecule has 2 amide bonds. The van der Waals surface area contributed by atoms with Crippen LogP contribution in [0.5, 0.6) is 0 Å². The summed E-state index contributed by atoms with van der Waals surface area (Å²) in [5, 5.41) is 22.0. The standard InChI is InChI=1S/C21H27N3O4/c22-13-15-5-1-2-7-17(15)23-20(26)9-4-10-21(27)24-11-12-28-14-18(24)16-6-3-8-19(16)25/h1-2,5,7,16,18-19,25H,3-4,6,8-12,14H2,(H,23,26)/t16-,18-,19+/m1/s1. The molecule has 0 unspecified atom stereocenters.